The maximum Gasteiger partial charge on any atom is 0.203 e. The molecule has 0 bridgehead atoms. The molecule has 6 heteroatoms. The predicted octanol–water partition coefficient (Wildman–Crippen LogP) is 4.62. The maximum atomic E-state index is 9.89. The quantitative estimate of drug-likeness (QED) is 0.542. The average molecular weight is 330 g/mol. The summed E-state index contributed by atoms with van der Waals surface area (Å²) >= 11 is 7.35. The minimum atomic E-state index is 0.174. The Hall–Kier alpha value is -2.37. The number of hydrogen-bond donors (Lipinski definition) is 2. The molecule has 0 spiro atoms. The second-order valence-electron chi connectivity index (χ2n) is 4.47. The lowest BCUT2D eigenvalue weighted by molar-refractivity contribution is 0.477. The van der Waals surface area contributed by atoms with Crippen molar-refractivity contribution in [3.8, 4) is 16.2 Å². The molecule has 110 valence electrons. The zero-order valence-corrected chi connectivity index (χ0v) is 13.0. The smallest absolute Gasteiger partial charge is 0.203 e. The average Bonchev–Trinajstić information content (AvgIpc) is 2.99. The Balaban J connectivity index is 1.74. The zero-order chi connectivity index (χ0) is 15.4. The fourth-order valence-corrected chi connectivity index (χ4v) is 2.82. The van der Waals surface area contributed by atoms with E-state index >= 15 is 0 Å². The van der Waals surface area contributed by atoms with Gasteiger partial charge < -0.3 is 5.11 Å². The fourth-order valence-electron chi connectivity index (χ4n) is 1.86. The van der Waals surface area contributed by atoms with Gasteiger partial charge in [-0.1, -0.05) is 53.3 Å². The van der Waals surface area contributed by atoms with E-state index < -0.39 is 0 Å². The van der Waals surface area contributed by atoms with E-state index in [0.717, 1.165) is 10.4 Å². The number of aromatic nitrogens is 1. The maximum absolute atomic E-state index is 9.89. The van der Waals surface area contributed by atoms with Crippen molar-refractivity contribution < 1.29 is 5.11 Å². The normalized spacial score (nSPS) is 11.0. The first kappa shape index (κ1) is 14.6. The van der Waals surface area contributed by atoms with Gasteiger partial charge in [0.2, 0.25) is 5.13 Å². The number of hydrogen-bond acceptors (Lipinski definition) is 5. The minimum absolute atomic E-state index is 0.174. The fraction of sp³-hybridized carbons (Fsp3) is 0. The van der Waals surface area contributed by atoms with Gasteiger partial charge in [0.15, 0.2) is 0 Å². The van der Waals surface area contributed by atoms with Gasteiger partial charge in [-0.3, -0.25) is 5.43 Å². The number of phenols is 1. The van der Waals surface area contributed by atoms with E-state index in [-0.39, 0.29) is 5.75 Å². The van der Waals surface area contributed by atoms with Crippen LogP contribution in [0, 0.1) is 0 Å². The molecule has 0 fully saturated rings. The monoisotopic (exact) mass is 329 g/mol. The predicted molar refractivity (Wildman–Crippen MR) is 91.9 cm³/mol. The van der Waals surface area contributed by atoms with Crippen LogP contribution < -0.4 is 5.43 Å². The van der Waals surface area contributed by atoms with Crippen LogP contribution in [-0.4, -0.2) is 16.3 Å². The summed E-state index contributed by atoms with van der Waals surface area (Å²) in [5.74, 6) is 0.174. The van der Waals surface area contributed by atoms with Gasteiger partial charge in [-0.15, -0.1) is 0 Å². The Morgan fingerprint density at radius 2 is 2.00 bits per heavy atom. The van der Waals surface area contributed by atoms with E-state index in [9.17, 15) is 5.11 Å². The molecule has 0 aliphatic heterocycles. The van der Waals surface area contributed by atoms with Gasteiger partial charge >= 0.3 is 0 Å². The zero-order valence-electron chi connectivity index (χ0n) is 11.4. The summed E-state index contributed by atoms with van der Waals surface area (Å²) in [6.07, 6.45) is 3.40. The van der Waals surface area contributed by atoms with Crippen molar-refractivity contribution in [3.05, 3.63) is 65.3 Å². The number of phenolic OH excluding ortho intramolecular Hbond substituents is 1. The van der Waals surface area contributed by atoms with Crippen molar-refractivity contribution in [2.75, 3.05) is 5.43 Å². The lowest BCUT2D eigenvalue weighted by Crippen LogP contribution is -1.88. The SMILES string of the molecule is Oc1ccc(Cl)cc1-c1cnc(N/N=C\c2ccccc2)s1. The van der Waals surface area contributed by atoms with Gasteiger partial charge in [-0.05, 0) is 23.8 Å². The molecular weight excluding hydrogens is 318 g/mol. The highest BCUT2D eigenvalue weighted by Crippen LogP contribution is 2.36. The molecule has 3 aromatic rings. The molecule has 0 aliphatic carbocycles. The van der Waals surface area contributed by atoms with Crippen LogP contribution in [0.2, 0.25) is 5.02 Å². The van der Waals surface area contributed by atoms with Crippen molar-refractivity contribution in [1.82, 2.24) is 4.98 Å². The number of benzene rings is 2. The molecule has 4 nitrogen and oxygen atoms in total. The number of halogens is 1. The number of thiazole rings is 1. The number of aromatic hydroxyl groups is 1. The van der Waals surface area contributed by atoms with Gasteiger partial charge in [0.05, 0.1) is 11.1 Å². The molecule has 1 heterocycles. The standard InChI is InChI=1S/C16H12ClN3OS/c17-12-6-7-14(21)13(8-12)15-10-18-16(22-15)20-19-9-11-4-2-1-3-5-11/h1-10,21H,(H,18,20)/b19-9-. The van der Waals surface area contributed by atoms with Crippen LogP contribution in [0.4, 0.5) is 5.13 Å². The molecule has 0 radical (unpaired) electrons. The molecule has 2 aromatic carbocycles. The first-order valence-corrected chi connectivity index (χ1v) is 7.70. The molecule has 0 atom stereocenters. The Labute approximate surface area is 136 Å². The molecule has 1 aromatic heterocycles. The van der Waals surface area contributed by atoms with Crippen LogP contribution >= 0.6 is 22.9 Å². The van der Waals surface area contributed by atoms with E-state index in [1.807, 2.05) is 30.3 Å². The van der Waals surface area contributed by atoms with Crippen molar-refractivity contribution in [2.24, 2.45) is 5.10 Å². The second kappa shape index (κ2) is 6.60. The lowest BCUT2D eigenvalue weighted by atomic mass is 10.2. The van der Waals surface area contributed by atoms with Crippen molar-refractivity contribution in [1.29, 1.82) is 0 Å². The third-order valence-electron chi connectivity index (χ3n) is 2.90. The van der Waals surface area contributed by atoms with Crippen LogP contribution in [0.5, 0.6) is 5.75 Å². The highest BCUT2D eigenvalue weighted by atomic mass is 35.5. The molecular formula is C16H12ClN3OS. The molecule has 0 unspecified atom stereocenters. The summed E-state index contributed by atoms with van der Waals surface area (Å²) in [6, 6.07) is 14.7. The third kappa shape index (κ3) is 3.44. The van der Waals surface area contributed by atoms with Crippen LogP contribution in [0.3, 0.4) is 0 Å². The number of rotatable bonds is 4. The van der Waals surface area contributed by atoms with E-state index in [2.05, 4.69) is 15.5 Å². The summed E-state index contributed by atoms with van der Waals surface area (Å²) < 4.78 is 0. The highest BCUT2D eigenvalue weighted by molar-refractivity contribution is 7.18. The molecule has 0 aliphatic rings. The largest absolute Gasteiger partial charge is 0.507 e. The molecule has 0 saturated carbocycles. The number of nitrogens with one attached hydrogen (secondary N) is 1. The van der Waals surface area contributed by atoms with Crippen LogP contribution in [0.15, 0.2) is 59.8 Å². The van der Waals surface area contributed by atoms with Gasteiger partial charge in [-0.2, -0.15) is 5.10 Å². The van der Waals surface area contributed by atoms with Crippen molar-refractivity contribution in [2.45, 2.75) is 0 Å². The second-order valence-corrected chi connectivity index (χ2v) is 5.94. The van der Waals surface area contributed by atoms with Gasteiger partial charge in [0.1, 0.15) is 5.75 Å². The summed E-state index contributed by atoms with van der Waals surface area (Å²) in [5.41, 5.74) is 4.54. The number of anilines is 1. The van der Waals surface area contributed by atoms with Gasteiger partial charge in [0, 0.05) is 16.8 Å². The van der Waals surface area contributed by atoms with Crippen molar-refractivity contribution in [3.63, 3.8) is 0 Å². The summed E-state index contributed by atoms with van der Waals surface area (Å²) in [7, 11) is 0. The minimum Gasteiger partial charge on any atom is -0.507 e. The Morgan fingerprint density at radius 3 is 2.82 bits per heavy atom. The van der Waals surface area contributed by atoms with E-state index in [0.29, 0.717) is 15.7 Å². The van der Waals surface area contributed by atoms with Crippen LogP contribution in [-0.2, 0) is 0 Å². The Kier molecular flexibility index (Phi) is 4.37. The van der Waals surface area contributed by atoms with Gasteiger partial charge in [0.25, 0.3) is 0 Å². The lowest BCUT2D eigenvalue weighted by Gasteiger charge is -2.01. The summed E-state index contributed by atoms with van der Waals surface area (Å²) in [4.78, 5) is 5.05. The Bertz CT molecular complexity index is 802. The number of hydrazone groups is 1. The molecule has 0 amide bonds. The highest BCUT2D eigenvalue weighted by Gasteiger charge is 2.09. The number of nitrogens with zero attached hydrogens (tertiary/aromatic N) is 2. The Morgan fingerprint density at radius 1 is 1.18 bits per heavy atom. The molecule has 22 heavy (non-hydrogen) atoms. The van der Waals surface area contributed by atoms with E-state index in [4.69, 9.17) is 11.6 Å². The molecule has 2 N–H and O–H groups in total. The molecule has 0 saturated heterocycles. The van der Waals surface area contributed by atoms with Crippen LogP contribution in [0.25, 0.3) is 10.4 Å². The van der Waals surface area contributed by atoms with E-state index in [1.54, 1.807) is 30.6 Å². The topological polar surface area (TPSA) is 57.5 Å². The van der Waals surface area contributed by atoms with Gasteiger partial charge in [-0.25, -0.2) is 4.98 Å². The van der Waals surface area contributed by atoms with E-state index in [1.165, 1.54) is 11.3 Å². The van der Waals surface area contributed by atoms with Crippen LogP contribution in [0.1, 0.15) is 5.56 Å². The van der Waals surface area contributed by atoms with Crippen molar-refractivity contribution >= 4 is 34.3 Å². The molecule has 3 rings (SSSR count). The first-order chi connectivity index (χ1) is 10.7. The first-order valence-electron chi connectivity index (χ1n) is 6.51. The summed E-state index contributed by atoms with van der Waals surface area (Å²) in [5, 5.41) is 15.2. The summed E-state index contributed by atoms with van der Waals surface area (Å²) in [6.45, 7) is 0. The third-order valence-corrected chi connectivity index (χ3v) is 4.07.